The third kappa shape index (κ3) is 4.92. The molecule has 0 bridgehead atoms. The summed E-state index contributed by atoms with van der Waals surface area (Å²) in [6.07, 6.45) is 2.23. The van der Waals surface area contributed by atoms with Crippen molar-refractivity contribution < 1.29 is 22.7 Å². The van der Waals surface area contributed by atoms with E-state index in [0.29, 0.717) is 25.5 Å². The number of anilines is 1. The molecule has 0 radical (unpaired) electrons. The second-order valence-corrected chi connectivity index (χ2v) is 7.68. The molecule has 0 unspecified atom stereocenters. The highest BCUT2D eigenvalue weighted by Gasteiger charge is 2.27. The Morgan fingerprint density at radius 1 is 1.27 bits per heavy atom. The predicted molar refractivity (Wildman–Crippen MR) is 95.3 cm³/mol. The third-order valence-corrected chi connectivity index (χ3v) is 5.86. The Balaban J connectivity index is 2.05. The molecule has 2 amide bonds. The highest BCUT2D eigenvalue weighted by molar-refractivity contribution is 7.89. The predicted octanol–water partition coefficient (Wildman–Crippen LogP) is 0.965. The summed E-state index contributed by atoms with van der Waals surface area (Å²) in [6, 6.07) is 3.05. The molecule has 26 heavy (non-hydrogen) atoms. The van der Waals surface area contributed by atoms with Gasteiger partial charge in [0.05, 0.1) is 13.2 Å². The smallest absolute Gasteiger partial charge is 0.413 e. The molecule has 1 fully saturated rings. The Morgan fingerprint density at radius 3 is 2.50 bits per heavy atom. The number of carbonyl (C=O) groups excluding carboxylic acids is 2. The zero-order chi connectivity index (χ0) is 19.2. The van der Waals surface area contributed by atoms with E-state index in [1.165, 1.54) is 16.6 Å². The minimum atomic E-state index is -3.52. The lowest BCUT2D eigenvalue weighted by molar-refractivity contribution is -0.119. The summed E-state index contributed by atoms with van der Waals surface area (Å²) >= 11 is 0. The lowest BCUT2D eigenvalue weighted by atomic mass is 10.4. The second kappa shape index (κ2) is 8.95. The van der Waals surface area contributed by atoms with Crippen LogP contribution in [0.2, 0.25) is 0 Å². The zero-order valence-corrected chi connectivity index (χ0v) is 15.8. The van der Waals surface area contributed by atoms with Crippen LogP contribution in [0.4, 0.5) is 10.6 Å². The first-order chi connectivity index (χ1) is 12.4. The highest BCUT2D eigenvalue weighted by Crippen LogP contribution is 2.21. The molecule has 0 atom stereocenters. The number of pyridine rings is 1. The first-order valence-electron chi connectivity index (χ1n) is 8.56. The molecular formula is C16H24N4O5S. The second-order valence-electron chi connectivity index (χ2n) is 5.75. The Labute approximate surface area is 153 Å². The summed E-state index contributed by atoms with van der Waals surface area (Å²) in [6.45, 7) is 5.06. The first-order valence-corrected chi connectivity index (χ1v) is 10.00. The van der Waals surface area contributed by atoms with Crippen LogP contribution in [0.15, 0.2) is 23.2 Å². The number of nitrogens with zero attached hydrogens (tertiary/aromatic N) is 3. The van der Waals surface area contributed by atoms with E-state index in [1.54, 1.807) is 17.9 Å². The van der Waals surface area contributed by atoms with Crippen molar-refractivity contribution in [1.82, 2.24) is 14.6 Å². The number of ether oxygens (including phenoxy) is 1. The van der Waals surface area contributed by atoms with Crippen molar-refractivity contribution in [3.63, 3.8) is 0 Å². The van der Waals surface area contributed by atoms with E-state index in [4.69, 9.17) is 0 Å². The van der Waals surface area contributed by atoms with Crippen molar-refractivity contribution in [2.45, 2.75) is 31.6 Å². The average Bonchev–Trinajstić information content (AvgIpc) is 3.15. The van der Waals surface area contributed by atoms with Crippen molar-refractivity contribution >= 4 is 27.8 Å². The number of likely N-dealkylation sites (N-methyl/N-ethyl adjacent to an activating group) is 1. The lowest BCUT2D eigenvalue weighted by Crippen LogP contribution is -2.40. The van der Waals surface area contributed by atoms with Crippen molar-refractivity contribution in [3.8, 4) is 0 Å². The van der Waals surface area contributed by atoms with Crippen molar-refractivity contribution in [1.29, 1.82) is 0 Å². The fourth-order valence-corrected chi connectivity index (χ4v) is 4.10. The van der Waals surface area contributed by atoms with E-state index in [9.17, 15) is 18.0 Å². The van der Waals surface area contributed by atoms with Gasteiger partial charge in [-0.25, -0.2) is 18.2 Å². The van der Waals surface area contributed by atoms with E-state index in [-0.39, 0.29) is 18.0 Å². The van der Waals surface area contributed by atoms with E-state index in [2.05, 4.69) is 15.0 Å². The molecule has 10 heteroatoms. The van der Waals surface area contributed by atoms with E-state index < -0.39 is 22.0 Å². The van der Waals surface area contributed by atoms with Crippen LogP contribution >= 0.6 is 0 Å². The van der Waals surface area contributed by atoms with Crippen molar-refractivity contribution in [2.24, 2.45) is 0 Å². The van der Waals surface area contributed by atoms with Crippen LogP contribution < -0.4 is 10.2 Å². The lowest BCUT2D eigenvalue weighted by Gasteiger charge is -2.21. The molecule has 1 aliphatic rings. The number of carbonyl (C=O) groups is 2. The third-order valence-electron chi connectivity index (χ3n) is 3.98. The van der Waals surface area contributed by atoms with Gasteiger partial charge >= 0.3 is 6.09 Å². The monoisotopic (exact) mass is 384 g/mol. The summed E-state index contributed by atoms with van der Waals surface area (Å²) in [4.78, 5) is 29.1. The van der Waals surface area contributed by atoms with Gasteiger partial charge in [0.1, 0.15) is 10.7 Å². The summed E-state index contributed by atoms with van der Waals surface area (Å²) in [5.74, 6) is -0.0762. The molecule has 0 aromatic carbocycles. The standard InChI is InChI=1S/C16H24N4O5S/c1-3-19(12-15(21)18-16(22)25-4-2)14-8-7-13(11-17-14)26(23,24)20-9-5-6-10-20/h7-8,11H,3-6,9-10,12H2,1-2H3,(H,18,21,22). The van der Waals surface area contributed by atoms with Crippen LogP contribution in [-0.2, 0) is 19.6 Å². The molecule has 1 N–H and O–H groups in total. The van der Waals surface area contributed by atoms with Gasteiger partial charge in [0.2, 0.25) is 15.9 Å². The minimum Gasteiger partial charge on any atom is -0.450 e. The van der Waals surface area contributed by atoms with E-state index in [0.717, 1.165) is 12.8 Å². The molecule has 0 aliphatic carbocycles. The van der Waals surface area contributed by atoms with Gasteiger partial charge in [0.15, 0.2) is 0 Å². The minimum absolute atomic E-state index is 0.0967. The summed E-state index contributed by atoms with van der Waals surface area (Å²) < 4.78 is 31.1. The van der Waals surface area contributed by atoms with Gasteiger partial charge in [0.25, 0.3) is 0 Å². The van der Waals surface area contributed by atoms with Crippen molar-refractivity contribution in [2.75, 3.05) is 37.7 Å². The number of aromatic nitrogens is 1. The molecular weight excluding hydrogens is 360 g/mol. The largest absolute Gasteiger partial charge is 0.450 e. The van der Waals surface area contributed by atoms with Crippen LogP contribution in [-0.4, -0.2) is 62.5 Å². The molecule has 1 aliphatic heterocycles. The summed E-state index contributed by atoms with van der Waals surface area (Å²) in [5, 5.41) is 2.12. The normalized spacial score (nSPS) is 14.8. The molecule has 0 saturated carbocycles. The number of sulfonamides is 1. The van der Waals surface area contributed by atoms with E-state index >= 15 is 0 Å². The van der Waals surface area contributed by atoms with Gasteiger partial charge in [-0.2, -0.15) is 4.31 Å². The van der Waals surface area contributed by atoms with Gasteiger partial charge in [-0.15, -0.1) is 0 Å². The van der Waals surface area contributed by atoms with Gasteiger partial charge in [-0.05, 0) is 38.8 Å². The number of hydrogen-bond acceptors (Lipinski definition) is 7. The molecule has 1 aromatic heterocycles. The molecule has 2 heterocycles. The highest BCUT2D eigenvalue weighted by atomic mass is 32.2. The number of imide groups is 1. The van der Waals surface area contributed by atoms with Crippen LogP contribution in [0.5, 0.6) is 0 Å². The molecule has 144 valence electrons. The number of alkyl carbamates (subject to hydrolysis) is 1. The SMILES string of the molecule is CCOC(=O)NC(=O)CN(CC)c1ccc(S(=O)(=O)N2CCCC2)cn1. The Bertz CT molecular complexity index is 730. The Kier molecular flexibility index (Phi) is 6.92. The van der Waals surface area contributed by atoms with Crippen LogP contribution in [0, 0.1) is 0 Å². The maximum atomic E-state index is 12.5. The number of nitrogens with one attached hydrogen (secondary N) is 1. The Morgan fingerprint density at radius 2 is 1.96 bits per heavy atom. The first kappa shape index (κ1) is 20.1. The number of rotatable bonds is 7. The van der Waals surface area contributed by atoms with Crippen LogP contribution in [0.3, 0.4) is 0 Å². The fourth-order valence-electron chi connectivity index (χ4n) is 2.64. The molecule has 0 spiro atoms. The number of hydrogen-bond donors (Lipinski definition) is 1. The van der Waals surface area contributed by atoms with Gasteiger partial charge in [-0.3, -0.25) is 10.1 Å². The maximum Gasteiger partial charge on any atom is 0.413 e. The van der Waals surface area contributed by atoms with E-state index in [1.807, 2.05) is 6.92 Å². The van der Waals surface area contributed by atoms with Crippen molar-refractivity contribution in [3.05, 3.63) is 18.3 Å². The maximum absolute atomic E-state index is 12.5. The van der Waals surface area contributed by atoms with Crippen LogP contribution in [0.1, 0.15) is 26.7 Å². The van der Waals surface area contributed by atoms with Crippen LogP contribution in [0.25, 0.3) is 0 Å². The fraction of sp³-hybridized carbons (Fsp3) is 0.562. The quantitative estimate of drug-likeness (QED) is 0.746. The molecule has 9 nitrogen and oxygen atoms in total. The van der Waals surface area contributed by atoms with Gasteiger partial charge < -0.3 is 9.64 Å². The molecule has 1 saturated heterocycles. The average molecular weight is 384 g/mol. The Hall–Kier alpha value is -2.20. The van der Waals surface area contributed by atoms with Gasteiger partial charge in [-0.1, -0.05) is 0 Å². The summed E-state index contributed by atoms with van der Waals surface area (Å²) in [5.41, 5.74) is 0. The summed E-state index contributed by atoms with van der Waals surface area (Å²) in [7, 11) is -3.52. The molecule has 2 rings (SSSR count). The molecule has 1 aromatic rings. The number of amides is 2. The topological polar surface area (TPSA) is 109 Å². The zero-order valence-electron chi connectivity index (χ0n) is 15.0. The van der Waals surface area contributed by atoms with Gasteiger partial charge in [0, 0.05) is 25.8 Å².